The number of halogens is 1. The zero-order valence-electron chi connectivity index (χ0n) is 12.5. The molecule has 1 saturated heterocycles. The molecule has 1 atom stereocenters. The van der Waals surface area contributed by atoms with Crippen LogP contribution in [0.4, 0.5) is 14.9 Å². The smallest absolute Gasteiger partial charge is 0.416 e. The van der Waals surface area contributed by atoms with Crippen LogP contribution < -0.4 is 4.90 Å². The molecule has 1 aromatic carbocycles. The normalized spacial score (nSPS) is 17.3. The molecule has 0 bridgehead atoms. The zero-order chi connectivity index (χ0) is 16.6. The Morgan fingerprint density at radius 2 is 2.26 bits per heavy atom. The highest BCUT2D eigenvalue weighted by molar-refractivity contribution is 5.90. The maximum absolute atomic E-state index is 14.2. The third-order valence-electron chi connectivity index (χ3n) is 3.64. The quantitative estimate of drug-likeness (QED) is 0.848. The van der Waals surface area contributed by atoms with Crippen molar-refractivity contribution in [2.24, 2.45) is 0 Å². The van der Waals surface area contributed by atoms with E-state index >= 15 is 0 Å². The first kappa shape index (κ1) is 14.9. The van der Waals surface area contributed by atoms with Gasteiger partial charge in [-0.2, -0.15) is 0 Å². The Labute approximate surface area is 131 Å². The van der Waals surface area contributed by atoms with E-state index in [1.165, 1.54) is 53.0 Å². The van der Waals surface area contributed by atoms with Gasteiger partial charge in [0.05, 0.1) is 24.6 Å². The van der Waals surface area contributed by atoms with Gasteiger partial charge in [0.2, 0.25) is 5.91 Å². The molecule has 1 aliphatic heterocycles. The summed E-state index contributed by atoms with van der Waals surface area (Å²) in [7, 11) is 1.54. The number of anilines is 1. The second kappa shape index (κ2) is 5.67. The number of rotatable bonds is 3. The maximum atomic E-state index is 14.2. The summed E-state index contributed by atoms with van der Waals surface area (Å²) in [5.74, 6) is -0.776. The lowest BCUT2D eigenvalue weighted by Gasteiger charge is -2.20. The molecule has 8 nitrogen and oxygen atoms in total. The number of cyclic esters (lactones) is 1. The Morgan fingerprint density at radius 3 is 2.87 bits per heavy atom. The van der Waals surface area contributed by atoms with Crippen LogP contribution in [0.5, 0.6) is 0 Å². The molecule has 0 N–H and O–H groups in total. The lowest BCUT2D eigenvalue weighted by atomic mass is 10.2. The van der Waals surface area contributed by atoms with Gasteiger partial charge >= 0.3 is 6.09 Å². The van der Waals surface area contributed by atoms with E-state index in [4.69, 9.17) is 4.74 Å². The zero-order valence-corrected chi connectivity index (χ0v) is 12.5. The average Bonchev–Trinajstić information content (AvgIpc) is 3.15. The maximum Gasteiger partial charge on any atom is 0.416 e. The Morgan fingerprint density at radius 1 is 1.48 bits per heavy atom. The highest BCUT2D eigenvalue weighted by atomic mass is 19.1. The second-order valence-electron chi connectivity index (χ2n) is 5.06. The fourth-order valence-corrected chi connectivity index (χ4v) is 2.25. The summed E-state index contributed by atoms with van der Waals surface area (Å²) in [5.41, 5.74) is 0.562. The van der Waals surface area contributed by atoms with Gasteiger partial charge in [0.25, 0.3) is 0 Å². The van der Waals surface area contributed by atoms with E-state index in [9.17, 15) is 14.0 Å². The van der Waals surface area contributed by atoms with Gasteiger partial charge in [0.15, 0.2) is 12.0 Å². The number of likely N-dealkylation sites (N-methyl/N-ethyl adjacent to an activating group) is 1. The molecule has 1 aliphatic rings. The minimum absolute atomic E-state index is 0.136. The summed E-state index contributed by atoms with van der Waals surface area (Å²) >= 11 is 0. The molecule has 9 heteroatoms. The molecule has 0 aliphatic carbocycles. The van der Waals surface area contributed by atoms with Crippen molar-refractivity contribution in [3.05, 3.63) is 36.4 Å². The third-order valence-corrected chi connectivity index (χ3v) is 3.64. The van der Waals surface area contributed by atoms with Crippen molar-refractivity contribution in [2.45, 2.75) is 13.2 Å². The van der Waals surface area contributed by atoms with Crippen LogP contribution in [0.25, 0.3) is 5.69 Å². The van der Waals surface area contributed by atoms with Crippen molar-refractivity contribution >= 4 is 17.7 Å². The Bertz CT molecular complexity index is 749. The van der Waals surface area contributed by atoms with E-state index in [-0.39, 0.29) is 18.1 Å². The standard InChI is InChI=1S/C14H14FN5O3/c1-9(21)18(2)13-8-19(14(22)23-13)10-3-4-12(11(15)7-10)20-6-5-16-17-20/h3-7,13H,8H2,1-2H3. The summed E-state index contributed by atoms with van der Waals surface area (Å²) in [6.45, 7) is 1.51. The predicted molar refractivity (Wildman–Crippen MR) is 77.4 cm³/mol. The molecule has 1 unspecified atom stereocenters. The molecule has 0 saturated carbocycles. The summed E-state index contributed by atoms with van der Waals surface area (Å²) < 4.78 is 20.7. The van der Waals surface area contributed by atoms with Crippen LogP contribution in [-0.2, 0) is 9.53 Å². The fourth-order valence-electron chi connectivity index (χ4n) is 2.25. The van der Waals surface area contributed by atoms with Crippen molar-refractivity contribution in [3.63, 3.8) is 0 Å². The van der Waals surface area contributed by atoms with Crippen molar-refractivity contribution in [1.29, 1.82) is 0 Å². The lowest BCUT2D eigenvalue weighted by Crippen LogP contribution is -2.38. The summed E-state index contributed by atoms with van der Waals surface area (Å²) in [4.78, 5) is 25.9. The highest BCUT2D eigenvalue weighted by Crippen LogP contribution is 2.25. The van der Waals surface area contributed by atoms with E-state index < -0.39 is 18.1 Å². The van der Waals surface area contributed by atoms with Gasteiger partial charge in [0.1, 0.15) is 5.69 Å². The number of carbonyl (C=O) groups excluding carboxylic acids is 2. The van der Waals surface area contributed by atoms with Gasteiger partial charge in [-0.1, -0.05) is 5.21 Å². The van der Waals surface area contributed by atoms with Gasteiger partial charge in [0, 0.05) is 14.0 Å². The molecule has 0 radical (unpaired) electrons. The first-order chi connectivity index (χ1) is 11.0. The number of aromatic nitrogens is 3. The number of nitrogens with zero attached hydrogens (tertiary/aromatic N) is 5. The Balaban J connectivity index is 1.84. The molecule has 120 valence electrons. The molecule has 1 fully saturated rings. The SMILES string of the molecule is CC(=O)N(C)C1CN(c2ccc(-n3ccnn3)c(F)c2)C(=O)O1. The molecule has 23 heavy (non-hydrogen) atoms. The number of hydrogen-bond acceptors (Lipinski definition) is 5. The molecule has 2 aromatic rings. The van der Waals surface area contributed by atoms with Crippen LogP contribution in [0.1, 0.15) is 6.92 Å². The van der Waals surface area contributed by atoms with Gasteiger partial charge < -0.3 is 9.64 Å². The van der Waals surface area contributed by atoms with Crippen LogP contribution in [0, 0.1) is 5.82 Å². The highest BCUT2D eigenvalue weighted by Gasteiger charge is 2.36. The lowest BCUT2D eigenvalue weighted by molar-refractivity contribution is -0.134. The first-order valence-corrected chi connectivity index (χ1v) is 6.85. The summed E-state index contributed by atoms with van der Waals surface area (Å²) in [6, 6.07) is 4.29. The van der Waals surface area contributed by atoms with E-state index in [0.717, 1.165) is 0 Å². The number of benzene rings is 1. The number of hydrogen-bond donors (Lipinski definition) is 0. The minimum Gasteiger partial charge on any atom is -0.423 e. The van der Waals surface area contributed by atoms with Crippen LogP contribution in [-0.4, -0.2) is 51.7 Å². The molecular weight excluding hydrogens is 305 g/mol. The molecule has 2 amide bonds. The van der Waals surface area contributed by atoms with Gasteiger partial charge in [-0.05, 0) is 18.2 Å². The summed E-state index contributed by atoms with van der Waals surface area (Å²) in [6.07, 6.45) is 1.63. The van der Waals surface area contributed by atoms with E-state index in [1.54, 1.807) is 6.07 Å². The van der Waals surface area contributed by atoms with Gasteiger partial charge in [-0.25, -0.2) is 13.9 Å². The fraction of sp³-hybridized carbons (Fsp3) is 0.286. The monoisotopic (exact) mass is 319 g/mol. The largest absolute Gasteiger partial charge is 0.423 e. The van der Waals surface area contributed by atoms with Gasteiger partial charge in [-0.3, -0.25) is 9.69 Å². The van der Waals surface area contributed by atoms with E-state index in [2.05, 4.69) is 10.3 Å². The molecule has 3 rings (SSSR count). The van der Waals surface area contributed by atoms with Crippen LogP contribution in [0.2, 0.25) is 0 Å². The van der Waals surface area contributed by atoms with Gasteiger partial charge in [-0.15, -0.1) is 5.10 Å². The third kappa shape index (κ3) is 2.72. The molecular formula is C14H14FN5O3. The molecule has 1 aromatic heterocycles. The second-order valence-corrected chi connectivity index (χ2v) is 5.06. The van der Waals surface area contributed by atoms with Crippen molar-refractivity contribution in [1.82, 2.24) is 19.9 Å². The van der Waals surface area contributed by atoms with Crippen molar-refractivity contribution in [3.8, 4) is 5.69 Å². The number of amides is 2. The van der Waals surface area contributed by atoms with E-state index in [1.807, 2.05) is 0 Å². The predicted octanol–water partition coefficient (Wildman–Crippen LogP) is 1.17. The first-order valence-electron chi connectivity index (χ1n) is 6.85. The topological polar surface area (TPSA) is 80.6 Å². The van der Waals surface area contributed by atoms with Crippen LogP contribution in [0.3, 0.4) is 0 Å². The van der Waals surface area contributed by atoms with Crippen LogP contribution in [0.15, 0.2) is 30.6 Å². The minimum atomic E-state index is -0.696. The Hall–Kier alpha value is -2.97. The molecule has 0 spiro atoms. The summed E-state index contributed by atoms with van der Waals surface area (Å²) in [5, 5.41) is 7.34. The Kier molecular flexibility index (Phi) is 3.68. The van der Waals surface area contributed by atoms with Crippen molar-refractivity contribution in [2.75, 3.05) is 18.5 Å². The van der Waals surface area contributed by atoms with Crippen LogP contribution >= 0.6 is 0 Å². The average molecular weight is 319 g/mol. The van der Waals surface area contributed by atoms with Crippen molar-refractivity contribution < 1.29 is 18.7 Å². The number of ether oxygens (including phenoxy) is 1. The van der Waals surface area contributed by atoms with E-state index in [0.29, 0.717) is 5.69 Å². The number of carbonyl (C=O) groups is 2. The molecule has 2 heterocycles.